The van der Waals surface area contributed by atoms with Crippen molar-refractivity contribution in [2.75, 3.05) is 11.9 Å². The normalized spacial score (nSPS) is 15.4. The number of aryl methyl sites for hydroxylation is 2. The average molecular weight is 355 g/mol. The molecule has 3 rings (SSSR count). The fourth-order valence-electron chi connectivity index (χ4n) is 2.77. The first-order valence-corrected chi connectivity index (χ1v) is 9.05. The highest BCUT2D eigenvalue weighted by atomic mass is 32.2. The quantitative estimate of drug-likeness (QED) is 0.737. The van der Waals surface area contributed by atoms with Gasteiger partial charge in [0, 0.05) is 10.6 Å². The number of hydrogen-bond donors (Lipinski definition) is 3. The van der Waals surface area contributed by atoms with E-state index in [1.165, 1.54) is 22.9 Å². The number of thioether (sulfide) groups is 1. The number of nitrogens with one attached hydrogen (secondary N) is 3. The third-order valence-corrected chi connectivity index (χ3v) is 5.40. The van der Waals surface area contributed by atoms with Gasteiger partial charge in [0.2, 0.25) is 0 Å². The molecule has 2 amide bonds. The highest BCUT2D eigenvalue weighted by Crippen LogP contribution is 2.36. The SMILES string of the molecule is Cc1ccc(NCC(=O)NNC(=O)C2Cc3ccccc3S2)c(C)c1. The first kappa shape index (κ1) is 17.4. The number of hydrazine groups is 1. The number of benzene rings is 2. The van der Waals surface area contributed by atoms with E-state index >= 15 is 0 Å². The molecule has 0 bridgehead atoms. The molecule has 6 heteroatoms. The highest BCUT2D eigenvalue weighted by Gasteiger charge is 2.28. The van der Waals surface area contributed by atoms with E-state index in [1.54, 1.807) is 0 Å². The van der Waals surface area contributed by atoms with Gasteiger partial charge < -0.3 is 5.32 Å². The molecule has 0 aromatic heterocycles. The van der Waals surface area contributed by atoms with E-state index in [4.69, 9.17) is 0 Å². The van der Waals surface area contributed by atoms with Gasteiger partial charge in [-0.15, -0.1) is 11.8 Å². The summed E-state index contributed by atoms with van der Waals surface area (Å²) < 4.78 is 0. The van der Waals surface area contributed by atoms with Crippen LogP contribution in [0.1, 0.15) is 16.7 Å². The summed E-state index contributed by atoms with van der Waals surface area (Å²) in [7, 11) is 0. The van der Waals surface area contributed by atoms with Crippen LogP contribution in [0.4, 0.5) is 5.69 Å². The molecule has 1 unspecified atom stereocenters. The summed E-state index contributed by atoms with van der Waals surface area (Å²) in [5.74, 6) is -0.463. The molecule has 1 atom stereocenters. The minimum absolute atomic E-state index is 0.0994. The van der Waals surface area contributed by atoms with Gasteiger partial charge in [-0.05, 0) is 43.5 Å². The molecule has 1 aliphatic rings. The lowest BCUT2D eigenvalue weighted by Gasteiger charge is -2.13. The van der Waals surface area contributed by atoms with Crippen molar-refractivity contribution in [2.24, 2.45) is 0 Å². The minimum Gasteiger partial charge on any atom is -0.376 e. The van der Waals surface area contributed by atoms with Gasteiger partial charge >= 0.3 is 0 Å². The Kier molecular flexibility index (Phi) is 5.28. The van der Waals surface area contributed by atoms with E-state index in [0.29, 0.717) is 6.42 Å². The summed E-state index contributed by atoms with van der Waals surface area (Å²) in [5, 5.41) is 2.88. The van der Waals surface area contributed by atoms with Crippen molar-refractivity contribution < 1.29 is 9.59 Å². The third-order valence-electron chi connectivity index (χ3n) is 4.09. The maximum atomic E-state index is 12.2. The Hall–Kier alpha value is -2.47. The van der Waals surface area contributed by atoms with Gasteiger partial charge in [0.05, 0.1) is 11.8 Å². The van der Waals surface area contributed by atoms with Crippen LogP contribution in [0.5, 0.6) is 0 Å². The summed E-state index contributed by atoms with van der Waals surface area (Å²) >= 11 is 1.53. The van der Waals surface area contributed by atoms with Crippen molar-refractivity contribution >= 4 is 29.3 Å². The van der Waals surface area contributed by atoms with Gasteiger partial charge in [-0.2, -0.15) is 0 Å². The smallest absolute Gasteiger partial charge is 0.257 e. The number of fused-ring (bicyclic) bond motifs is 1. The monoisotopic (exact) mass is 355 g/mol. The minimum atomic E-state index is -0.283. The van der Waals surface area contributed by atoms with E-state index < -0.39 is 0 Å². The van der Waals surface area contributed by atoms with Crippen LogP contribution in [-0.4, -0.2) is 23.6 Å². The zero-order chi connectivity index (χ0) is 17.8. The van der Waals surface area contributed by atoms with Crippen molar-refractivity contribution in [1.29, 1.82) is 0 Å². The Morgan fingerprint density at radius 2 is 1.92 bits per heavy atom. The van der Waals surface area contributed by atoms with Gasteiger partial charge in [-0.1, -0.05) is 35.9 Å². The Balaban J connectivity index is 1.44. The van der Waals surface area contributed by atoms with Gasteiger partial charge in [-0.3, -0.25) is 20.4 Å². The predicted molar refractivity (Wildman–Crippen MR) is 100 cm³/mol. The number of carbonyl (C=O) groups is 2. The zero-order valence-corrected chi connectivity index (χ0v) is 15.1. The van der Waals surface area contributed by atoms with Gasteiger partial charge in [0.1, 0.15) is 0 Å². The number of amides is 2. The van der Waals surface area contributed by atoms with Gasteiger partial charge in [0.15, 0.2) is 0 Å². The molecule has 5 nitrogen and oxygen atoms in total. The second-order valence-electron chi connectivity index (χ2n) is 6.13. The largest absolute Gasteiger partial charge is 0.376 e. The molecule has 0 fully saturated rings. The van der Waals surface area contributed by atoms with Crippen molar-refractivity contribution in [3.8, 4) is 0 Å². The number of rotatable bonds is 4. The molecule has 0 spiro atoms. The topological polar surface area (TPSA) is 70.2 Å². The van der Waals surface area contributed by atoms with Crippen LogP contribution in [0.15, 0.2) is 47.4 Å². The molecule has 1 aliphatic heterocycles. The lowest BCUT2D eigenvalue weighted by molar-refractivity contribution is -0.127. The van der Waals surface area contributed by atoms with Crippen LogP contribution in [-0.2, 0) is 16.0 Å². The summed E-state index contributed by atoms with van der Waals surface area (Å²) in [5.41, 5.74) is 9.34. The van der Waals surface area contributed by atoms with Crippen LogP contribution in [0, 0.1) is 13.8 Å². The van der Waals surface area contributed by atoms with Crippen LogP contribution >= 0.6 is 11.8 Å². The van der Waals surface area contributed by atoms with E-state index in [2.05, 4.69) is 22.2 Å². The molecular formula is C19H21N3O2S. The summed E-state index contributed by atoms with van der Waals surface area (Å²) in [6.07, 6.45) is 0.684. The second kappa shape index (κ2) is 7.61. The van der Waals surface area contributed by atoms with Gasteiger partial charge in [-0.25, -0.2) is 0 Å². The highest BCUT2D eigenvalue weighted by molar-refractivity contribution is 8.01. The molecule has 1 heterocycles. The molecule has 0 saturated heterocycles. The number of carbonyl (C=O) groups excluding carboxylic acids is 2. The Labute approximate surface area is 151 Å². The van der Waals surface area contributed by atoms with Crippen LogP contribution in [0.2, 0.25) is 0 Å². The van der Waals surface area contributed by atoms with Crippen molar-refractivity contribution in [3.05, 3.63) is 59.2 Å². The summed E-state index contributed by atoms with van der Waals surface area (Å²) in [6.45, 7) is 4.12. The Bertz CT molecular complexity index is 782. The lowest BCUT2D eigenvalue weighted by atomic mass is 10.1. The average Bonchev–Trinajstić information content (AvgIpc) is 3.03. The Morgan fingerprint density at radius 3 is 2.68 bits per heavy atom. The molecule has 130 valence electrons. The standard InChI is InChI=1S/C19H21N3O2S/c1-12-7-8-15(13(2)9-12)20-11-18(23)21-22-19(24)17-10-14-5-3-4-6-16(14)25-17/h3-9,17,20H,10-11H2,1-2H3,(H,21,23)(H,22,24). The van der Waals surface area contributed by atoms with Crippen LogP contribution in [0.25, 0.3) is 0 Å². The van der Waals surface area contributed by atoms with Crippen LogP contribution < -0.4 is 16.2 Å². The van der Waals surface area contributed by atoms with E-state index in [-0.39, 0.29) is 23.6 Å². The molecular weight excluding hydrogens is 334 g/mol. The van der Waals surface area contributed by atoms with Crippen molar-refractivity contribution in [2.45, 2.75) is 30.4 Å². The lowest BCUT2D eigenvalue weighted by Crippen LogP contribution is -2.47. The van der Waals surface area contributed by atoms with Gasteiger partial charge in [0.25, 0.3) is 11.8 Å². The van der Waals surface area contributed by atoms with E-state index in [9.17, 15) is 9.59 Å². The zero-order valence-electron chi connectivity index (χ0n) is 14.3. The molecule has 2 aromatic carbocycles. The van der Waals surface area contributed by atoms with E-state index in [0.717, 1.165) is 16.1 Å². The molecule has 0 saturated carbocycles. The second-order valence-corrected chi connectivity index (χ2v) is 7.37. The van der Waals surface area contributed by atoms with Crippen LogP contribution in [0.3, 0.4) is 0 Å². The molecule has 0 radical (unpaired) electrons. The third kappa shape index (κ3) is 4.33. The maximum Gasteiger partial charge on any atom is 0.257 e. The van der Waals surface area contributed by atoms with Crippen molar-refractivity contribution in [1.82, 2.24) is 10.9 Å². The number of hydrogen-bond acceptors (Lipinski definition) is 4. The molecule has 0 aliphatic carbocycles. The fourth-order valence-corrected chi connectivity index (χ4v) is 3.97. The predicted octanol–water partition coefficient (Wildman–Crippen LogP) is 2.58. The van der Waals surface area contributed by atoms with Crippen molar-refractivity contribution in [3.63, 3.8) is 0 Å². The molecule has 25 heavy (non-hydrogen) atoms. The maximum absolute atomic E-state index is 12.2. The summed E-state index contributed by atoms with van der Waals surface area (Å²) in [6, 6.07) is 14.0. The number of anilines is 1. The Morgan fingerprint density at radius 1 is 1.12 bits per heavy atom. The molecule has 2 aromatic rings. The first-order valence-electron chi connectivity index (χ1n) is 8.17. The fraction of sp³-hybridized carbons (Fsp3) is 0.263. The molecule has 3 N–H and O–H groups in total. The van der Waals surface area contributed by atoms with E-state index in [1.807, 2.05) is 50.2 Å². The summed E-state index contributed by atoms with van der Waals surface area (Å²) in [4.78, 5) is 25.3. The first-order chi connectivity index (χ1) is 12.0.